The summed E-state index contributed by atoms with van der Waals surface area (Å²) in [6.07, 6.45) is 1.22. The van der Waals surface area contributed by atoms with Gasteiger partial charge in [0.2, 0.25) is 0 Å². The van der Waals surface area contributed by atoms with Crippen LogP contribution in [0, 0.1) is 0 Å². The highest BCUT2D eigenvalue weighted by atomic mass is 15.0. The zero-order chi connectivity index (χ0) is 8.69. The third kappa shape index (κ3) is 7.82. The molecule has 2 nitrogen and oxygen atoms in total. The van der Waals surface area contributed by atoms with Crippen LogP contribution in [0.2, 0.25) is 0 Å². The van der Waals surface area contributed by atoms with Crippen LogP contribution in [0.25, 0.3) is 0 Å². The molecule has 0 aliphatic heterocycles. The van der Waals surface area contributed by atoms with E-state index >= 15 is 0 Å². The Labute approximate surface area is 70.8 Å². The summed E-state index contributed by atoms with van der Waals surface area (Å²) in [7, 11) is 0. The number of hydrogen-bond donors (Lipinski definition) is 2. The lowest BCUT2D eigenvalue weighted by Crippen LogP contribution is -2.40. The van der Waals surface area contributed by atoms with E-state index in [4.69, 9.17) is 0 Å². The molecule has 0 spiro atoms. The van der Waals surface area contributed by atoms with Gasteiger partial charge in [-0.15, -0.1) is 0 Å². The molecule has 2 N–H and O–H groups in total. The van der Waals surface area contributed by atoms with Gasteiger partial charge >= 0.3 is 0 Å². The lowest BCUT2D eigenvalue weighted by Gasteiger charge is -2.16. The fourth-order valence-electron chi connectivity index (χ4n) is 1.12. The Morgan fingerprint density at radius 1 is 1.18 bits per heavy atom. The standard InChI is InChI=1S/C9H22N2/c1-5-6-10-7-9(4)11-8(2)3/h8-11H,5-7H2,1-4H3. The minimum Gasteiger partial charge on any atom is -0.315 e. The van der Waals surface area contributed by atoms with Crippen molar-refractivity contribution in [2.45, 2.75) is 46.2 Å². The molecule has 0 rings (SSSR count). The van der Waals surface area contributed by atoms with Crippen molar-refractivity contribution in [2.75, 3.05) is 13.1 Å². The normalized spacial score (nSPS) is 13.9. The molecular formula is C9H22N2. The summed E-state index contributed by atoms with van der Waals surface area (Å²) in [5, 5.41) is 6.82. The summed E-state index contributed by atoms with van der Waals surface area (Å²) in [5.74, 6) is 0. The van der Waals surface area contributed by atoms with Crippen LogP contribution in [0.4, 0.5) is 0 Å². The number of hydrogen-bond acceptors (Lipinski definition) is 2. The van der Waals surface area contributed by atoms with Gasteiger partial charge in [0.05, 0.1) is 0 Å². The van der Waals surface area contributed by atoms with Crippen molar-refractivity contribution in [2.24, 2.45) is 0 Å². The maximum Gasteiger partial charge on any atom is 0.0166 e. The van der Waals surface area contributed by atoms with Crippen LogP contribution in [0.1, 0.15) is 34.1 Å². The van der Waals surface area contributed by atoms with E-state index < -0.39 is 0 Å². The number of rotatable bonds is 6. The highest BCUT2D eigenvalue weighted by Gasteiger charge is 2.00. The summed E-state index contributed by atoms with van der Waals surface area (Å²) in [6, 6.07) is 1.18. The minimum atomic E-state index is 0.585. The van der Waals surface area contributed by atoms with Crippen molar-refractivity contribution in [1.82, 2.24) is 10.6 Å². The summed E-state index contributed by atoms with van der Waals surface area (Å²) in [6.45, 7) is 11.0. The first kappa shape index (κ1) is 10.9. The van der Waals surface area contributed by atoms with Crippen LogP contribution >= 0.6 is 0 Å². The molecule has 0 radical (unpaired) electrons. The van der Waals surface area contributed by atoms with Gasteiger partial charge < -0.3 is 10.6 Å². The van der Waals surface area contributed by atoms with E-state index in [1.165, 1.54) is 6.42 Å². The largest absolute Gasteiger partial charge is 0.315 e. The molecule has 0 aromatic heterocycles. The lowest BCUT2D eigenvalue weighted by molar-refractivity contribution is 0.461. The quantitative estimate of drug-likeness (QED) is 0.571. The average Bonchev–Trinajstić information content (AvgIpc) is 1.86. The van der Waals surface area contributed by atoms with E-state index in [0.717, 1.165) is 13.1 Å². The summed E-state index contributed by atoms with van der Waals surface area (Å²) in [5.41, 5.74) is 0. The van der Waals surface area contributed by atoms with Crippen LogP contribution in [-0.4, -0.2) is 25.2 Å². The van der Waals surface area contributed by atoms with Gasteiger partial charge in [0, 0.05) is 18.6 Å². The third-order valence-electron chi connectivity index (χ3n) is 1.50. The molecule has 68 valence electrons. The van der Waals surface area contributed by atoms with Gasteiger partial charge in [-0.05, 0) is 19.9 Å². The van der Waals surface area contributed by atoms with Crippen LogP contribution in [0.5, 0.6) is 0 Å². The second-order valence-corrected chi connectivity index (χ2v) is 3.43. The predicted octanol–water partition coefficient (Wildman–Crippen LogP) is 1.37. The first-order valence-corrected chi connectivity index (χ1v) is 4.63. The van der Waals surface area contributed by atoms with Gasteiger partial charge in [0.25, 0.3) is 0 Å². The van der Waals surface area contributed by atoms with E-state index in [0.29, 0.717) is 12.1 Å². The third-order valence-corrected chi connectivity index (χ3v) is 1.50. The maximum absolute atomic E-state index is 3.44. The Hall–Kier alpha value is -0.0800. The Balaban J connectivity index is 3.15. The summed E-state index contributed by atoms with van der Waals surface area (Å²) in [4.78, 5) is 0. The van der Waals surface area contributed by atoms with E-state index in [9.17, 15) is 0 Å². The molecule has 0 saturated heterocycles. The summed E-state index contributed by atoms with van der Waals surface area (Å²) >= 11 is 0. The second-order valence-electron chi connectivity index (χ2n) is 3.43. The van der Waals surface area contributed by atoms with E-state index in [-0.39, 0.29) is 0 Å². The first-order valence-electron chi connectivity index (χ1n) is 4.63. The molecule has 0 saturated carbocycles. The zero-order valence-corrected chi connectivity index (χ0v) is 8.28. The molecule has 0 bridgehead atoms. The topological polar surface area (TPSA) is 24.1 Å². The molecule has 2 heteroatoms. The van der Waals surface area contributed by atoms with Crippen LogP contribution in [0.3, 0.4) is 0 Å². The van der Waals surface area contributed by atoms with Gasteiger partial charge in [-0.25, -0.2) is 0 Å². The van der Waals surface area contributed by atoms with Crippen molar-refractivity contribution >= 4 is 0 Å². The van der Waals surface area contributed by atoms with Gasteiger partial charge in [0.1, 0.15) is 0 Å². The SMILES string of the molecule is CCCNCC(C)NC(C)C. The minimum absolute atomic E-state index is 0.585. The molecule has 0 aromatic carbocycles. The molecule has 1 unspecified atom stereocenters. The molecule has 0 aromatic rings. The van der Waals surface area contributed by atoms with Crippen molar-refractivity contribution < 1.29 is 0 Å². The molecule has 0 fully saturated rings. The fourth-order valence-corrected chi connectivity index (χ4v) is 1.12. The van der Waals surface area contributed by atoms with Crippen LogP contribution in [0.15, 0.2) is 0 Å². The fraction of sp³-hybridized carbons (Fsp3) is 1.00. The molecule has 0 aliphatic rings. The smallest absolute Gasteiger partial charge is 0.0166 e. The van der Waals surface area contributed by atoms with Crippen molar-refractivity contribution in [3.05, 3.63) is 0 Å². The molecule has 0 amide bonds. The van der Waals surface area contributed by atoms with Crippen molar-refractivity contribution in [1.29, 1.82) is 0 Å². The zero-order valence-electron chi connectivity index (χ0n) is 8.28. The van der Waals surface area contributed by atoms with E-state index in [2.05, 4.69) is 38.3 Å². The highest BCUT2D eigenvalue weighted by Crippen LogP contribution is 1.84. The summed E-state index contributed by atoms with van der Waals surface area (Å²) < 4.78 is 0. The monoisotopic (exact) mass is 158 g/mol. The first-order chi connectivity index (χ1) is 5.16. The highest BCUT2D eigenvalue weighted by molar-refractivity contribution is 4.65. The Kier molecular flexibility index (Phi) is 6.57. The number of nitrogens with one attached hydrogen (secondary N) is 2. The lowest BCUT2D eigenvalue weighted by atomic mass is 10.3. The van der Waals surface area contributed by atoms with Gasteiger partial charge in [-0.1, -0.05) is 20.8 Å². The van der Waals surface area contributed by atoms with Crippen molar-refractivity contribution in [3.8, 4) is 0 Å². The van der Waals surface area contributed by atoms with E-state index in [1.54, 1.807) is 0 Å². The van der Waals surface area contributed by atoms with Crippen molar-refractivity contribution in [3.63, 3.8) is 0 Å². The average molecular weight is 158 g/mol. The van der Waals surface area contributed by atoms with E-state index in [1.807, 2.05) is 0 Å². The Morgan fingerprint density at radius 3 is 2.27 bits per heavy atom. The molecular weight excluding hydrogens is 136 g/mol. The Morgan fingerprint density at radius 2 is 1.82 bits per heavy atom. The van der Waals surface area contributed by atoms with Crippen LogP contribution < -0.4 is 10.6 Å². The predicted molar refractivity (Wildman–Crippen MR) is 50.9 cm³/mol. The molecule has 1 atom stereocenters. The van der Waals surface area contributed by atoms with Gasteiger partial charge in [-0.2, -0.15) is 0 Å². The maximum atomic E-state index is 3.44. The Bertz CT molecular complexity index is 81.6. The molecule has 0 aliphatic carbocycles. The molecule has 0 heterocycles. The van der Waals surface area contributed by atoms with Gasteiger partial charge in [0.15, 0.2) is 0 Å². The molecule has 11 heavy (non-hydrogen) atoms. The van der Waals surface area contributed by atoms with Gasteiger partial charge in [-0.3, -0.25) is 0 Å². The van der Waals surface area contributed by atoms with Crippen LogP contribution in [-0.2, 0) is 0 Å². The second kappa shape index (κ2) is 6.62.